The van der Waals surface area contributed by atoms with Gasteiger partial charge in [-0.05, 0) is 18.6 Å². The fourth-order valence-electron chi connectivity index (χ4n) is 2.45. The average molecular weight is 320 g/mol. The SMILES string of the molecule is CCCNc1cc(-n2ccc3cc(C#N)cnc32)ncc1C(N)=O. The second-order valence-corrected chi connectivity index (χ2v) is 5.31. The second-order valence-electron chi connectivity index (χ2n) is 5.31. The first-order chi connectivity index (χ1) is 11.6. The molecule has 3 N–H and O–H groups in total. The Kier molecular flexibility index (Phi) is 4.12. The molecular formula is C17H16N6O. The number of aromatic nitrogens is 3. The predicted molar refractivity (Wildman–Crippen MR) is 90.9 cm³/mol. The summed E-state index contributed by atoms with van der Waals surface area (Å²) in [5.41, 5.74) is 7.59. The number of nitrogens with two attached hydrogens (primary N) is 1. The summed E-state index contributed by atoms with van der Waals surface area (Å²) in [6.07, 6.45) is 5.73. The number of primary amides is 1. The number of nitriles is 1. The molecule has 0 aliphatic rings. The maximum Gasteiger partial charge on any atom is 0.252 e. The van der Waals surface area contributed by atoms with E-state index in [2.05, 4.69) is 21.4 Å². The number of hydrogen-bond acceptors (Lipinski definition) is 5. The summed E-state index contributed by atoms with van der Waals surface area (Å²) in [6, 6.07) is 7.48. The van der Waals surface area contributed by atoms with E-state index < -0.39 is 5.91 Å². The first-order valence-electron chi connectivity index (χ1n) is 7.55. The van der Waals surface area contributed by atoms with E-state index in [4.69, 9.17) is 11.0 Å². The van der Waals surface area contributed by atoms with Gasteiger partial charge >= 0.3 is 0 Å². The fourth-order valence-corrected chi connectivity index (χ4v) is 2.45. The van der Waals surface area contributed by atoms with Crippen molar-refractivity contribution in [1.29, 1.82) is 5.26 Å². The zero-order chi connectivity index (χ0) is 17.1. The lowest BCUT2D eigenvalue weighted by atomic mass is 10.2. The van der Waals surface area contributed by atoms with Gasteiger partial charge in [-0.1, -0.05) is 6.92 Å². The van der Waals surface area contributed by atoms with Crippen LogP contribution in [-0.2, 0) is 0 Å². The standard InChI is InChI=1S/C17H16N6O/c1-2-4-20-14-7-15(21-10-13(14)16(19)24)23-5-3-12-6-11(8-18)9-22-17(12)23/h3,5-7,9-10H,2,4H2,1H3,(H2,19,24)(H,20,21). The molecule has 0 atom stereocenters. The van der Waals surface area contributed by atoms with Gasteiger partial charge in [0, 0.05) is 36.6 Å². The van der Waals surface area contributed by atoms with Crippen LogP contribution in [0, 0.1) is 11.3 Å². The van der Waals surface area contributed by atoms with Crippen LogP contribution in [0.3, 0.4) is 0 Å². The minimum atomic E-state index is -0.526. The van der Waals surface area contributed by atoms with E-state index in [1.807, 2.05) is 19.2 Å². The first-order valence-corrected chi connectivity index (χ1v) is 7.55. The van der Waals surface area contributed by atoms with E-state index in [1.54, 1.807) is 16.7 Å². The van der Waals surface area contributed by atoms with Gasteiger partial charge in [-0.25, -0.2) is 9.97 Å². The number of fused-ring (bicyclic) bond motifs is 1. The molecule has 0 radical (unpaired) electrons. The Hall–Kier alpha value is -3.40. The molecule has 0 fully saturated rings. The van der Waals surface area contributed by atoms with Crippen molar-refractivity contribution >= 4 is 22.6 Å². The maximum absolute atomic E-state index is 11.6. The van der Waals surface area contributed by atoms with Crippen LogP contribution in [0.15, 0.2) is 36.8 Å². The molecule has 0 aliphatic heterocycles. The molecule has 1 amide bonds. The molecule has 3 heterocycles. The molecule has 3 aromatic heterocycles. The number of amides is 1. The summed E-state index contributed by atoms with van der Waals surface area (Å²) < 4.78 is 1.80. The van der Waals surface area contributed by atoms with Gasteiger partial charge in [0.15, 0.2) is 0 Å². The Balaban J connectivity index is 2.09. The van der Waals surface area contributed by atoms with Crippen LogP contribution in [0.2, 0.25) is 0 Å². The Labute approximate surface area is 138 Å². The van der Waals surface area contributed by atoms with Gasteiger partial charge in [0.2, 0.25) is 0 Å². The Morgan fingerprint density at radius 3 is 2.92 bits per heavy atom. The summed E-state index contributed by atoms with van der Waals surface area (Å²) in [4.78, 5) is 20.2. The molecule has 0 saturated heterocycles. The number of hydrogen-bond donors (Lipinski definition) is 2. The molecule has 0 spiro atoms. The fraction of sp³-hybridized carbons (Fsp3) is 0.176. The largest absolute Gasteiger partial charge is 0.384 e. The molecule has 120 valence electrons. The van der Waals surface area contributed by atoms with E-state index in [-0.39, 0.29) is 0 Å². The lowest BCUT2D eigenvalue weighted by Crippen LogP contribution is -2.16. The highest BCUT2D eigenvalue weighted by molar-refractivity contribution is 5.98. The molecule has 7 heteroatoms. The van der Waals surface area contributed by atoms with Gasteiger partial charge in [0.25, 0.3) is 5.91 Å². The Bertz CT molecular complexity index is 953. The highest BCUT2D eigenvalue weighted by Crippen LogP contribution is 2.22. The number of anilines is 1. The Morgan fingerprint density at radius 1 is 1.38 bits per heavy atom. The smallest absolute Gasteiger partial charge is 0.252 e. The number of carbonyl (C=O) groups excluding carboxylic acids is 1. The second kappa shape index (κ2) is 6.38. The normalized spacial score (nSPS) is 10.5. The topological polar surface area (TPSA) is 110 Å². The summed E-state index contributed by atoms with van der Waals surface area (Å²) in [6.45, 7) is 2.76. The lowest BCUT2D eigenvalue weighted by molar-refractivity contribution is 0.100. The molecule has 7 nitrogen and oxygen atoms in total. The van der Waals surface area contributed by atoms with E-state index in [1.165, 1.54) is 12.4 Å². The van der Waals surface area contributed by atoms with Gasteiger partial charge < -0.3 is 11.1 Å². The molecule has 24 heavy (non-hydrogen) atoms. The number of nitrogens with one attached hydrogen (secondary N) is 1. The molecule has 0 saturated carbocycles. The van der Waals surface area contributed by atoms with Crippen molar-refractivity contribution in [3.63, 3.8) is 0 Å². The van der Waals surface area contributed by atoms with Crippen LogP contribution in [0.4, 0.5) is 5.69 Å². The monoisotopic (exact) mass is 320 g/mol. The predicted octanol–water partition coefficient (Wildman–Crippen LogP) is 2.21. The number of rotatable bonds is 5. The molecular weight excluding hydrogens is 304 g/mol. The summed E-state index contributed by atoms with van der Waals surface area (Å²) in [5.74, 6) is 0.0904. The molecule has 0 aromatic carbocycles. The van der Waals surface area contributed by atoms with E-state index in [9.17, 15) is 4.79 Å². The van der Waals surface area contributed by atoms with Gasteiger partial charge in [-0.2, -0.15) is 5.26 Å². The average Bonchev–Trinajstić information content (AvgIpc) is 3.02. The van der Waals surface area contributed by atoms with Crippen LogP contribution in [0.5, 0.6) is 0 Å². The van der Waals surface area contributed by atoms with Crippen molar-refractivity contribution in [3.05, 3.63) is 47.9 Å². The summed E-state index contributed by atoms with van der Waals surface area (Å²) in [7, 11) is 0. The third kappa shape index (κ3) is 2.77. The highest BCUT2D eigenvalue weighted by atomic mass is 16.1. The van der Waals surface area contributed by atoms with E-state index in [0.717, 1.165) is 18.4 Å². The minimum absolute atomic E-state index is 0.350. The van der Waals surface area contributed by atoms with Gasteiger partial charge in [-0.3, -0.25) is 9.36 Å². The van der Waals surface area contributed by atoms with E-state index in [0.29, 0.717) is 28.3 Å². The Morgan fingerprint density at radius 2 is 2.21 bits per heavy atom. The van der Waals surface area contributed by atoms with E-state index >= 15 is 0 Å². The van der Waals surface area contributed by atoms with Gasteiger partial charge in [0.1, 0.15) is 17.5 Å². The van der Waals surface area contributed by atoms with Crippen molar-refractivity contribution in [2.45, 2.75) is 13.3 Å². The van der Waals surface area contributed by atoms with Crippen LogP contribution < -0.4 is 11.1 Å². The lowest BCUT2D eigenvalue weighted by Gasteiger charge is -2.11. The van der Waals surface area contributed by atoms with Crippen molar-refractivity contribution in [2.75, 3.05) is 11.9 Å². The number of carbonyl (C=O) groups is 1. The van der Waals surface area contributed by atoms with Crippen LogP contribution in [0.1, 0.15) is 29.3 Å². The maximum atomic E-state index is 11.6. The zero-order valence-corrected chi connectivity index (χ0v) is 13.2. The molecule has 3 aromatic rings. The highest BCUT2D eigenvalue weighted by Gasteiger charge is 2.12. The van der Waals surface area contributed by atoms with Gasteiger partial charge in [0.05, 0.1) is 16.8 Å². The number of pyridine rings is 2. The summed E-state index contributed by atoms with van der Waals surface area (Å²) in [5, 5.41) is 13.0. The van der Waals surface area contributed by atoms with Crippen molar-refractivity contribution in [3.8, 4) is 11.9 Å². The van der Waals surface area contributed by atoms with Crippen LogP contribution >= 0.6 is 0 Å². The van der Waals surface area contributed by atoms with Crippen LogP contribution in [-0.4, -0.2) is 27.0 Å². The molecule has 3 rings (SSSR count). The number of nitrogens with zero attached hydrogens (tertiary/aromatic N) is 4. The first kappa shape index (κ1) is 15.5. The molecule has 0 aliphatic carbocycles. The zero-order valence-electron chi connectivity index (χ0n) is 13.2. The van der Waals surface area contributed by atoms with Crippen molar-refractivity contribution < 1.29 is 4.79 Å². The van der Waals surface area contributed by atoms with Crippen molar-refractivity contribution in [1.82, 2.24) is 14.5 Å². The third-order valence-electron chi connectivity index (χ3n) is 3.62. The van der Waals surface area contributed by atoms with Gasteiger partial charge in [-0.15, -0.1) is 0 Å². The van der Waals surface area contributed by atoms with Crippen LogP contribution in [0.25, 0.3) is 16.9 Å². The summed E-state index contributed by atoms with van der Waals surface area (Å²) >= 11 is 0. The molecule has 0 bridgehead atoms. The quantitative estimate of drug-likeness (QED) is 0.749. The molecule has 0 unspecified atom stereocenters. The third-order valence-corrected chi connectivity index (χ3v) is 3.62. The van der Waals surface area contributed by atoms with Crippen molar-refractivity contribution in [2.24, 2.45) is 5.73 Å². The minimum Gasteiger partial charge on any atom is -0.384 e.